The van der Waals surface area contributed by atoms with Crippen molar-refractivity contribution >= 4 is 33.2 Å². The number of hydrogen-bond acceptors (Lipinski definition) is 3. The standard InChI is InChI=1S/C20H25ClN2O3S/c1-12(2)15(5)22-20(24)16-8-9-17(21)19(11-16)27(25,26)23-18-10-13(3)6-7-14(18)4/h6-12,15,23H,1-5H3,(H,22,24)/t15-/m1/s1. The molecule has 1 amide bonds. The minimum atomic E-state index is -3.95. The number of anilines is 1. The molecule has 0 radical (unpaired) electrons. The maximum Gasteiger partial charge on any atom is 0.263 e. The van der Waals surface area contributed by atoms with Gasteiger partial charge in [0.05, 0.1) is 10.7 Å². The van der Waals surface area contributed by atoms with Gasteiger partial charge in [0, 0.05) is 11.6 Å². The zero-order chi connectivity index (χ0) is 20.4. The number of benzene rings is 2. The molecule has 0 saturated heterocycles. The maximum absolute atomic E-state index is 12.9. The summed E-state index contributed by atoms with van der Waals surface area (Å²) in [7, 11) is -3.95. The molecular formula is C20H25ClN2O3S. The van der Waals surface area contributed by atoms with Gasteiger partial charge in [-0.3, -0.25) is 9.52 Å². The summed E-state index contributed by atoms with van der Waals surface area (Å²) in [5.74, 6) is -0.0773. The molecule has 0 aromatic heterocycles. The summed E-state index contributed by atoms with van der Waals surface area (Å²) in [6.45, 7) is 9.59. The maximum atomic E-state index is 12.9. The first-order valence-corrected chi connectivity index (χ1v) is 10.6. The predicted molar refractivity (Wildman–Crippen MR) is 110 cm³/mol. The van der Waals surface area contributed by atoms with Gasteiger partial charge in [-0.1, -0.05) is 37.6 Å². The lowest BCUT2D eigenvalue weighted by atomic mass is 10.1. The Morgan fingerprint density at radius 3 is 2.33 bits per heavy atom. The second-order valence-corrected chi connectivity index (χ2v) is 9.13. The van der Waals surface area contributed by atoms with Crippen molar-refractivity contribution < 1.29 is 13.2 Å². The SMILES string of the molecule is Cc1ccc(C)c(NS(=O)(=O)c2cc(C(=O)N[C@H](C)C(C)C)ccc2Cl)c1. The zero-order valence-corrected chi connectivity index (χ0v) is 17.7. The molecule has 2 aromatic carbocycles. The molecule has 5 nitrogen and oxygen atoms in total. The molecule has 0 fully saturated rings. The quantitative estimate of drug-likeness (QED) is 0.737. The first kappa shape index (κ1) is 21.3. The van der Waals surface area contributed by atoms with Crippen LogP contribution in [0, 0.1) is 19.8 Å². The van der Waals surface area contributed by atoms with E-state index in [0.29, 0.717) is 5.69 Å². The van der Waals surface area contributed by atoms with Crippen LogP contribution in [0.15, 0.2) is 41.3 Å². The highest BCUT2D eigenvalue weighted by Gasteiger charge is 2.22. The van der Waals surface area contributed by atoms with Crippen molar-refractivity contribution in [3.05, 3.63) is 58.1 Å². The average molecular weight is 409 g/mol. The van der Waals surface area contributed by atoms with Crippen LogP contribution in [0.1, 0.15) is 42.3 Å². The van der Waals surface area contributed by atoms with Crippen LogP contribution < -0.4 is 10.0 Å². The third-order valence-corrected chi connectivity index (χ3v) is 6.33. The van der Waals surface area contributed by atoms with Gasteiger partial charge in [-0.25, -0.2) is 8.42 Å². The molecule has 0 saturated carbocycles. The van der Waals surface area contributed by atoms with Gasteiger partial charge < -0.3 is 5.32 Å². The average Bonchev–Trinajstić information content (AvgIpc) is 2.57. The summed E-state index contributed by atoms with van der Waals surface area (Å²) in [5.41, 5.74) is 2.45. The van der Waals surface area contributed by atoms with Crippen molar-refractivity contribution in [2.75, 3.05) is 4.72 Å². The molecule has 1 atom stereocenters. The molecule has 0 spiro atoms. The summed E-state index contributed by atoms with van der Waals surface area (Å²) in [6.07, 6.45) is 0. The lowest BCUT2D eigenvalue weighted by Gasteiger charge is -2.18. The Labute approximate surface area is 166 Å². The lowest BCUT2D eigenvalue weighted by molar-refractivity contribution is 0.0930. The van der Waals surface area contributed by atoms with Crippen molar-refractivity contribution in [3.63, 3.8) is 0 Å². The number of rotatable bonds is 6. The summed E-state index contributed by atoms with van der Waals surface area (Å²) >= 11 is 6.13. The van der Waals surface area contributed by atoms with Gasteiger partial charge in [0.15, 0.2) is 0 Å². The fraction of sp³-hybridized carbons (Fsp3) is 0.350. The smallest absolute Gasteiger partial charge is 0.263 e. The molecule has 0 aliphatic heterocycles. The van der Waals surface area contributed by atoms with Crippen LogP contribution in [0.2, 0.25) is 5.02 Å². The van der Waals surface area contributed by atoms with Gasteiger partial charge >= 0.3 is 0 Å². The Hall–Kier alpha value is -2.05. The van der Waals surface area contributed by atoms with Crippen LogP contribution in [-0.4, -0.2) is 20.4 Å². The van der Waals surface area contributed by atoms with Crippen LogP contribution in [-0.2, 0) is 10.0 Å². The van der Waals surface area contributed by atoms with Crippen LogP contribution in [0.5, 0.6) is 0 Å². The molecule has 0 unspecified atom stereocenters. The number of nitrogens with one attached hydrogen (secondary N) is 2. The van der Waals surface area contributed by atoms with Crippen LogP contribution in [0.25, 0.3) is 0 Å². The van der Waals surface area contributed by atoms with Crippen molar-refractivity contribution in [2.24, 2.45) is 5.92 Å². The van der Waals surface area contributed by atoms with Crippen LogP contribution >= 0.6 is 11.6 Å². The van der Waals surface area contributed by atoms with Gasteiger partial charge in [0.25, 0.3) is 15.9 Å². The van der Waals surface area contributed by atoms with E-state index in [4.69, 9.17) is 11.6 Å². The Morgan fingerprint density at radius 1 is 1.04 bits per heavy atom. The van der Waals surface area contributed by atoms with Crippen molar-refractivity contribution in [2.45, 2.75) is 45.6 Å². The van der Waals surface area contributed by atoms with E-state index in [1.54, 1.807) is 6.07 Å². The highest BCUT2D eigenvalue weighted by molar-refractivity contribution is 7.92. The fourth-order valence-electron chi connectivity index (χ4n) is 2.35. The van der Waals surface area contributed by atoms with E-state index < -0.39 is 10.0 Å². The molecule has 2 rings (SSSR count). The monoisotopic (exact) mass is 408 g/mol. The normalized spacial score (nSPS) is 12.7. The highest BCUT2D eigenvalue weighted by Crippen LogP contribution is 2.27. The Morgan fingerprint density at radius 2 is 1.70 bits per heavy atom. The van der Waals surface area contributed by atoms with E-state index >= 15 is 0 Å². The van der Waals surface area contributed by atoms with Gasteiger partial charge in [-0.05, 0) is 62.1 Å². The van der Waals surface area contributed by atoms with E-state index in [2.05, 4.69) is 10.0 Å². The van der Waals surface area contributed by atoms with Crippen molar-refractivity contribution in [1.82, 2.24) is 5.32 Å². The van der Waals surface area contributed by atoms with Crippen molar-refractivity contribution in [1.29, 1.82) is 0 Å². The first-order chi connectivity index (χ1) is 12.5. The summed E-state index contributed by atoms with van der Waals surface area (Å²) in [5, 5.41) is 2.92. The third kappa shape index (κ3) is 5.23. The van der Waals surface area contributed by atoms with Gasteiger partial charge in [-0.15, -0.1) is 0 Å². The molecule has 0 bridgehead atoms. The van der Waals surface area contributed by atoms with Crippen LogP contribution in [0.3, 0.4) is 0 Å². The van der Waals surface area contributed by atoms with Crippen LogP contribution in [0.4, 0.5) is 5.69 Å². The van der Waals surface area contributed by atoms with Gasteiger partial charge in [0.2, 0.25) is 0 Å². The molecular weight excluding hydrogens is 384 g/mol. The number of amides is 1. The second kappa shape index (κ2) is 8.31. The Bertz CT molecular complexity index is 956. The number of sulfonamides is 1. The predicted octanol–water partition coefficient (Wildman–Crippen LogP) is 4.53. The summed E-state index contributed by atoms with van der Waals surface area (Å²) < 4.78 is 28.3. The Balaban J connectivity index is 2.36. The number of aryl methyl sites for hydroxylation is 2. The number of halogens is 1. The van der Waals surface area contributed by atoms with E-state index in [-0.39, 0.29) is 33.3 Å². The van der Waals surface area contributed by atoms with Gasteiger partial charge in [-0.2, -0.15) is 0 Å². The zero-order valence-electron chi connectivity index (χ0n) is 16.1. The summed E-state index contributed by atoms with van der Waals surface area (Å²) in [4.78, 5) is 12.3. The molecule has 27 heavy (non-hydrogen) atoms. The highest BCUT2D eigenvalue weighted by atomic mass is 35.5. The molecule has 2 aromatic rings. The van der Waals surface area contributed by atoms with Crippen molar-refractivity contribution in [3.8, 4) is 0 Å². The largest absolute Gasteiger partial charge is 0.349 e. The molecule has 7 heteroatoms. The van der Waals surface area contributed by atoms with E-state index in [9.17, 15) is 13.2 Å². The first-order valence-electron chi connectivity index (χ1n) is 8.71. The number of carbonyl (C=O) groups is 1. The summed E-state index contributed by atoms with van der Waals surface area (Å²) in [6, 6.07) is 9.70. The van der Waals surface area contributed by atoms with E-state index in [0.717, 1.165) is 11.1 Å². The molecule has 0 heterocycles. The lowest BCUT2D eigenvalue weighted by Crippen LogP contribution is -2.36. The second-order valence-electron chi connectivity index (χ2n) is 7.08. The van der Waals surface area contributed by atoms with E-state index in [1.165, 1.54) is 18.2 Å². The molecule has 146 valence electrons. The topological polar surface area (TPSA) is 75.3 Å². The number of hydrogen-bond donors (Lipinski definition) is 2. The molecule has 0 aliphatic rings. The minimum absolute atomic E-state index is 0.0405. The number of carbonyl (C=O) groups excluding carboxylic acids is 1. The molecule has 0 aliphatic carbocycles. The third-order valence-electron chi connectivity index (χ3n) is 4.48. The molecule has 2 N–H and O–H groups in total. The van der Waals surface area contributed by atoms with Gasteiger partial charge in [0.1, 0.15) is 4.90 Å². The minimum Gasteiger partial charge on any atom is -0.349 e. The van der Waals surface area contributed by atoms with E-state index in [1.807, 2.05) is 46.8 Å². The Kier molecular flexibility index (Phi) is 6.54. The fourth-order valence-corrected chi connectivity index (χ4v) is 4.00.